The van der Waals surface area contributed by atoms with Gasteiger partial charge in [0.1, 0.15) is 18.1 Å². The molecule has 0 spiro atoms. The highest BCUT2D eigenvalue weighted by atomic mass is 16.5. The number of aryl methyl sites for hydroxylation is 1. The molecule has 0 aliphatic carbocycles. The minimum atomic E-state index is -0.294. The van der Waals surface area contributed by atoms with Gasteiger partial charge in [-0.15, -0.1) is 0 Å². The number of nitrogens with zero attached hydrogens (tertiary/aromatic N) is 2. The minimum absolute atomic E-state index is 0.135. The van der Waals surface area contributed by atoms with Gasteiger partial charge in [0.15, 0.2) is 6.61 Å². The highest BCUT2D eigenvalue weighted by molar-refractivity contribution is 5.95. The van der Waals surface area contributed by atoms with Crippen molar-refractivity contribution < 1.29 is 18.8 Å². The molecule has 1 aromatic heterocycles. The SMILES string of the molecule is Cc1nc(-c2ccccc2NC(=O)COc2ccc(OCc3ccccc3)cc2)no1. The van der Waals surface area contributed by atoms with Gasteiger partial charge in [-0.1, -0.05) is 47.6 Å². The van der Waals surface area contributed by atoms with Crippen LogP contribution in [0.1, 0.15) is 11.5 Å². The summed E-state index contributed by atoms with van der Waals surface area (Å²) in [5, 5.41) is 6.74. The van der Waals surface area contributed by atoms with Crippen LogP contribution in [-0.4, -0.2) is 22.7 Å². The van der Waals surface area contributed by atoms with Gasteiger partial charge in [0.2, 0.25) is 11.7 Å². The molecule has 0 radical (unpaired) electrons. The van der Waals surface area contributed by atoms with Crippen LogP contribution in [0.15, 0.2) is 83.4 Å². The van der Waals surface area contributed by atoms with Crippen molar-refractivity contribution in [3.63, 3.8) is 0 Å². The molecule has 0 saturated carbocycles. The zero-order chi connectivity index (χ0) is 21.5. The van der Waals surface area contributed by atoms with E-state index in [4.69, 9.17) is 14.0 Å². The van der Waals surface area contributed by atoms with Gasteiger partial charge < -0.3 is 19.3 Å². The lowest BCUT2D eigenvalue weighted by molar-refractivity contribution is -0.118. The summed E-state index contributed by atoms with van der Waals surface area (Å²) in [6, 6.07) is 24.3. The number of aromatic nitrogens is 2. The topological polar surface area (TPSA) is 86.5 Å². The molecule has 1 amide bonds. The van der Waals surface area contributed by atoms with E-state index in [1.807, 2.05) is 60.7 Å². The van der Waals surface area contributed by atoms with E-state index in [1.165, 1.54) is 0 Å². The predicted molar refractivity (Wildman–Crippen MR) is 116 cm³/mol. The first-order valence-electron chi connectivity index (χ1n) is 9.76. The van der Waals surface area contributed by atoms with Crippen molar-refractivity contribution in [2.45, 2.75) is 13.5 Å². The van der Waals surface area contributed by atoms with Crippen LogP contribution >= 0.6 is 0 Å². The number of anilines is 1. The summed E-state index contributed by atoms with van der Waals surface area (Å²) in [7, 11) is 0. The molecule has 31 heavy (non-hydrogen) atoms. The molecule has 4 rings (SSSR count). The van der Waals surface area contributed by atoms with Gasteiger partial charge >= 0.3 is 0 Å². The average molecular weight is 415 g/mol. The highest BCUT2D eigenvalue weighted by Crippen LogP contribution is 2.25. The van der Waals surface area contributed by atoms with Crippen LogP contribution in [0.25, 0.3) is 11.4 Å². The fourth-order valence-corrected chi connectivity index (χ4v) is 2.90. The molecule has 0 aliphatic rings. The van der Waals surface area contributed by atoms with Crippen LogP contribution in [0, 0.1) is 6.92 Å². The number of para-hydroxylation sites is 1. The van der Waals surface area contributed by atoms with E-state index < -0.39 is 0 Å². The molecule has 156 valence electrons. The second kappa shape index (κ2) is 9.58. The number of hydrogen-bond donors (Lipinski definition) is 1. The Kier molecular flexibility index (Phi) is 6.23. The predicted octanol–water partition coefficient (Wildman–Crippen LogP) is 4.64. The second-order valence-corrected chi connectivity index (χ2v) is 6.77. The zero-order valence-electron chi connectivity index (χ0n) is 16.9. The van der Waals surface area contributed by atoms with Gasteiger partial charge in [0, 0.05) is 12.5 Å². The molecule has 7 heteroatoms. The maximum absolute atomic E-state index is 12.4. The average Bonchev–Trinajstić information content (AvgIpc) is 3.24. The van der Waals surface area contributed by atoms with Gasteiger partial charge in [-0.2, -0.15) is 4.98 Å². The van der Waals surface area contributed by atoms with Crippen LogP contribution in [0.2, 0.25) is 0 Å². The van der Waals surface area contributed by atoms with Gasteiger partial charge in [-0.25, -0.2) is 0 Å². The largest absolute Gasteiger partial charge is 0.489 e. The summed E-state index contributed by atoms with van der Waals surface area (Å²) >= 11 is 0. The second-order valence-electron chi connectivity index (χ2n) is 6.77. The van der Waals surface area contributed by atoms with Crippen LogP contribution in [0.3, 0.4) is 0 Å². The van der Waals surface area contributed by atoms with Gasteiger partial charge in [-0.3, -0.25) is 4.79 Å². The Bertz CT molecular complexity index is 1140. The molecule has 0 aliphatic heterocycles. The van der Waals surface area contributed by atoms with Crippen molar-refractivity contribution in [3.8, 4) is 22.9 Å². The quantitative estimate of drug-likeness (QED) is 0.451. The summed E-state index contributed by atoms with van der Waals surface area (Å²) in [5.41, 5.74) is 2.35. The molecule has 0 unspecified atom stereocenters. The lowest BCUT2D eigenvalue weighted by Crippen LogP contribution is -2.20. The Morgan fingerprint density at radius 1 is 0.903 bits per heavy atom. The third-order valence-corrected chi connectivity index (χ3v) is 4.41. The van der Waals surface area contributed by atoms with Gasteiger partial charge in [0.05, 0.1) is 5.69 Å². The number of nitrogens with one attached hydrogen (secondary N) is 1. The van der Waals surface area contributed by atoms with Gasteiger partial charge in [-0.05, 0) is 42.0 Å². The fraction of sp³-hybridized carbons (Fsp3) is 0.125. The number of ether oxygens (including phenoxy) is 2. The molecule has 0 bridgehead atoms. The number of hydrogen-bond acceptors (Lipinski definition) is 6. The number of carbonyl (C=O) groups excluding carboxylic acids is 1. The number of rotatable bonds is 8. The van der Waals surface area contributed by atoms with Crippen molar-refractivity contribution in [2.24, 2.45) is 0 Å². The van der Waals surface area contributed by atoms with Crippen molar-refractivity contribution in [1.82, 2.24) is 10.1 Å². The summed E-state index contributed by atoms with van der Waals surface area (Å²) in [5.74, 6) is 1.88. The molecule has 7 nitrogen and oxygen atoms in total. The highest BCUT2D eigenvalue weighted by Gasteiger charge is 2.13. The van der Waals surface area contributed by atoms with E-state index in [9.17, 15) is 4.79 Å². The third kappa shape index (κ3) is 5.48. The smallest absolute Gasteiger partial charge is 0.262 e. The van der Waals surface area contributed by atoms with E-state index in [0.29, 0.717) is 35.3 Å². The zero-order valence-corrected chi connectivity index (χ0v) is 16.9. The van der Waals surface area contributed by atoms with Crippen molar-refractivity contribution in [3.05, 3.63) is 90.3 Å². The van der Waals surface area contributed by atoms with Crippen LogP contribution < -0.4 is 14.8 Å². The Morgan fingerprint density at radius 3 is 2.29 bits per heavy atom. The van der Waals surface area contributed by atoms with Gasteiger partial charge in [0.25, 0.3) is 5.91 Å². The molecular formula is C24H21N3O4. The maximum Gasteiger partial charge on any atom is 0.262 e. The summed E-state index contributed by atoms with van der Waals surface area (Å²) in [6.07, 6.45) is 0. The normalized spacial score (nSPS) is 10.5. The number of amides is 1. The van der Waals surface area contributed by atoms with Crippen molar-refractivity contribution >= 4 is 11.6 Å². The van der Waals surface area contributed by atoms with Crippen molar-refractivity contribution in [2.75, 3.05) is 11.9 Å². The monoisotopic (exact) mass is 415 g/mol. The first-order valence-corrected chi connectivity index (χ1v) is 9.76. The van der Waals surface area contributed by atoms with Crippen LogP contribution in [0.5, 0.6) is 11.5 Å². The Labute approximate surface area is 179 Å². The van der Waals surface area contributed by atoms with E-state index >= 15 is 0 Å². The lowest BCUT2D eigenvalue weighted by Gasteiger charge is -2.11. The fourth-order valence-electron chi connectivity index (χ4n) is 2.90. The first-order chi connectivity index (χ1) is 15.2. The van der Waals surface area contributed by atoms with Crippen molar-refractivity contribution in [1.29, 1.82) is 0 Å². The van der Waals surface area contributed by atoms with E-state index in [-0.39, 0.29) is 12.5 Å². The molecule has 0 saturated heterocycles. The van der Waals surface area contributed by atoms with Crippen LogP contribution in [0.4, 0.5) is 5.69 Å². The van der Waals surface area contributed by atoms with E-state index in [1.54, 1.807) is 25.1 Å². The molecule has 0 fully saturated rings. The number of benzene rings is 3. The third-order valence-electron chi connectivity index (χ3n) is 4.41. The summed E-state index contributed by atoms with van der Waals surface area (Å²) in [4.78, 5) is 16.6. The Balaban J connectivity index is 1.30. The maximum atomic E-state index is 12.4. The van der Waals surface area contributed by atoms with Crippen LogP contribution in [-0.2, 0) is 11.4 Å². The molecule has 1 heterocycles. The summed E-state index contributed by atoms with van der Waals surface area (Å²) in [6.45, 7) is 2.07. The molecule has 3 aromatic carbocycles. The lowest BCUT2D eigenvalue weighted by atomic mass is 10.1. The number of carbonyl (C=O) groups is 1. The van der Waals surface area contributed by atoms with E-state index in [2.05, 4.69) is 15.5 Å². The summed E-state index contributed by atoms with van der Waals surface area (Å²) < 4.78 is 16.4. The Morgan fingerprint density at radius 2 is 1.58 bits per heavy atom. The molecule has 4 aromatic rings. The molecule has 1 N–H and O–H groups in total. The Hall–Kier alpha value is -4.13. The molecular weight excluding hydrogens is 394 g/mol. The van der Waals surface area contributed by atoms with E-state index in [0.717, 1.165) is 11.3 Å². The first kappa shape index (κ1) is 20.2. The molecule has 0 atom stereocenters. The minimum Gasteiger partial charge on any atom is -0.489 e. The standard InChI is InChI=1S/C24H21N3O4/c1-17-25-24(27-31-17)21-9-5-6-10-22(21)26-23(28)16-30-20-13-11-19(12-14-20)29-15-18-7-3-2-4-8-18/h2-14H,15-16H2,1H3,(H,26,28).